The van der Waals surface area contributed by atoms with Gasteiger partial charge in [-0.1, -0.05) is 13.8 Å². The van der Waals surface area contributed by atoms with E-state index in [1.165, 1.54) is 0 Å². The van der Waals surface area contributed by atoms with E-state index in [1.54, 1.807) is 0 Å². The van der Waals surface area contributed by atoms with Crippen molar-refractivity contribution in [3.05, 3.63) is 0 Å². The molecule has 1 rings (SSSR count). The molecule has 0 saturated heterocycles. The molecule has 0 aromatic carbocycles. The molecule has 1 fully saturated rings. The Kier molecular flexibility index (Phi) is 5.40. The van der Waals surface area contributed by atoms with Gasteiger partial charge in [0.15, 0.2) is 0 Å². The highest BCUT2D eigenvalue weighted by molar-refractivity contribution is 5.83. The van der Waals surface area contributed by atoms with Crippen LogP contribution >= 0.6 is 0 Å². The van der Waals surface area contributed by atoms with Gasteiger partial charge in [-0.15, -0.1) is 0 Å². The Balaban J connectivity index is 2.51. The normalized spacial score (nSPS) is 30.9. The second-order valence-electron chi connectivity index (χ2n) is 5.44. The molecular formula is C13H26N2O2. The second kappa shape index (κ2) is 6.36. The average Bonchev–Trinajstić information content (AvgIpc) is 2.36. The van der Waals surface area contributed by atoms with E-state index < -0.39 is 6.10 Å². The van der Waals surface area contributed by atoms with Crippen molar-refractivity contribution in [2.45, 2.75) is 52.1 Å². The molecule has 0 aliphatic heterocycles. The predicted molar refractivity (Wildman–Crippen MR) is 68.4 cm³/mol. The maximum atomic E-state index is 12.2. The summed E-state index contributed by atoms with van der Waals surface area (Å²) in [7, 11) is 0. The molecule has 1 atom stereocenters. The lowest BCUT2D eigenvalue weighted by atomic mass is 9.70. The van der Waals surface area contributed by atoms with E-state index in [1.807, 2.05) is 6.92 Å². The summed E-state index contributed by atoms with van der Waals surface area (Å²) in [6.45, 7) is 4.87. The van der Waals surface area contributed by atoms with Crippen LogP contribution in [0.1, 0.15) is 46.0 Å². The van der Waals surface area contributed by atoms with Gasteiger partial charge in [-0.2, -0.15) is 0 Å². The SMILES string of the molecule is CCC(O)CNC(=O)C1(CN)CCC(C)CC1. The van der Waals surface area contributed by atoms with Crippen molar-refractivity contribution < 1.29 is 9.90 Å². The second-order valence-corrected chi connectivity index (χ2v) is 5.44. The predicted octanol–water partition coefficient (Wildman–Crippen LogP) is 1.03. The molecule has 1 aliphatic rings. The summed E-state index contributed by atoms with van der Waals surface area (Å²) in [5.41, 5.74) is 5.41. The Hall–Kier alpha value is -0.610. The Morgan fingerprint density at radius 3 is 2.59 bits per heavy atom. The Morgan fingerprint density at radius 2 is 2.12 bits per heavy atom. The van der Waals surface area contributed by atoms with Gasteiger partial charge in [0.25, 0.3) is 0 Å². The minimum atomic E-state index is -0.448. The number of amides is 1. The van der Waals surface area contributed by atoms with Crippen LogP contribution in [0.15, 0.2) is 0 Å². The van der Waals surface area contributed by atoms with E-state index >= 15 is 0 Å². The van der Waals surface area contributed by atoms with Crippen LogP contribution in [-0.2, 0) is 4.79 Å². The van der Waals surface area contributed by atoms with Crippen molar-refractivity contribution >= 4 is 5.91 Å². The van der Waals surface area contributed by atoms with E-state index in [2.05, 4.69) is 12.2 Å². The van der Waals surface area contributed by atoms with E-state index in [9.17, 15) is 9.90 Å². The topological polar surface area (TPSA) is 75.3 Å². The summed E-state index contributed by atoms with van der Waals surface area (Å²) >= 11 is 0. The summed E-state index contributed by atoms with van der Waals surface area (Å²) in [5.74, 6) is 0.725. The minimum absolute atomic E-state index is 0.0272. The van der Waals surface area contributed by atoms with Crippen molar-refractivity contribution in [3.8, 4) is 0 Å². The van der Waals surface area contributed by atoms with E-state index in [0.29, 0.717) is 25.4 Å². The first-order valence-corrected chi connectivity index (χ1v) is 6.70. The van der Waals surface area contributed by atoms with Gasteiger partial charge in [0.1, 0.15) is 0 Å². The highest BCUT2D eigenvalue weighted by Gasteiger charge is 2.39. The summed E-state index contributed by atoms with van der Waals surface area (Å²) in [6, 6.07) is 0. The van der Waals surface area contributed by atoms with E-state index in [4.69, 9.17) is 5.73 Å². The van der Waals surface area contributed by atoms with E-state index in [-0.39, 0.29) is 11.3 Å². The number of aliphatic hydroxyl groups excluding tert-OH is 1. The van der Waals surface area contributed by atoms with Crippen LogP contribution in [0, 0.1) is 11.3 Å². The molecule has 0 aromatic heterocycles. The maximum Gasteiger partial charge on any atom is 0.227 e. The molecule has 0 radical (unpaired) electrons. The van der Waals surface area contributed by atoms with Crippen LogP contribution in [0.4, 0.5) is 0 Å². The highest BCUT2D eigenvalue weighted by atomic mass is 16.3. The quantitative estimate of drug-likeness (QED) is 0.674. The third-order valence-corrected chi connectivity index (χ3v) is 4.07. The number of carbonyl (C=O) groups excluding carboxylic acids is 1. The summed E-state index contributed by atoms with van der Waals surface area (Å²) in [6.07, 6.45) is 4.10. The van der Waals surface area contributed by atoms with Gasteiger partial charge in [-0.05, 0) is 38.0 Å². The maximum absolute atomic E-state index is 12.2. The molecule has 4 nitrogen and oxygen atoms in total. The fraction of sp³-hybridized carbons (Fsp3) is 0.923. The first-order chi connectivity index (χ1) is 8.04. The molecule has 1 unspecified atom stereocenters. The molecule has 1 amide bonds. The smallest absolute Gasteiger partial charge is 0.227 e. The molecule has 1 saturated carbocycles. The van der Waals surface area contributed by atoms with Crippen molar-refractivity contribution in [2.24, 2.45) is 17.1 Å². The van der Waals surface area contributed by atoms with Crippen LogP contribution < -0.4 is 11.1 Å². The molecule has 0 heterocycles. The first kappa shape index (κ1) is 14.5. The van der Waals surface area contributed by atoms with Crippen molar-refractivity contribution in [1.82, 2.24) is 5.32 Å². The lowest BCUT2D eigenvalue weighted by Gasteiger charge is -2.37. The molecule has 4 heteroatoms. The number of aliphatic hydroxyl groups is 1. The number of rotatable bonds is 5. The molecule has 4 N–H and O–H groups in total. The minimum Gasteiger partial charge on any atom is -0.391 e. The molecule has 100 valence electrons. The van der Waals surface area contributed by atoms with Crippen LogP contribution in [0.5, 0.6) is 0 Å². The molecule has 17 heavy (non-hydrogen) atoms. The van der Waals surface area contributed by atoms with Crippen molar-refractivity contribution in [1.29, 1.82) is 0 Å². The number of nitrogens with two attached hydrogens (primary N) is 1. The number of carbonyl (C=O) groups is 1. The largest absolute Gasteiger partial charge is 0.391 e. The zero-order valence-electron chi connectivity index (χ0n) is 11.0. The van der Waals surface area contributed by atoms with Crippen LogP contribution in [0.25, 0.3) is 0 Å². The summed E-state index contributed by atoms with van der Waals surface area (Å²) < 4.78 is 0. The van der Waals surface area contributed by atoms with Gasteiger partial charge in [0, 0.05) is 13.1 Å². The Morgan fingerprint density at radius 1 is 1.53 bits per heavy atom. The average molecular weight is 242 g/mol. The zero-order valence-corrected chi connectivity index (χ0v) is 11.0. The highest BCUT2D eigenvalue weighted by Crippen LogP contribution is 2.38. The lowest BCUT2D eigenvalue weighted by Crippen LogP contribution is -2.49. The number of hydrogen-bond donors (Lipinski definition) is 3. The third-order valence-electron chi connectivity index (χ3n) is 4.07. The molecule has 0 aromatic rings. The van der Waals surface area contributed by atoms with Gasteiger partial charge < -0.3 is 16.2 Å². The molecule has 1 aliphatic carbocycles. The lowest BCUT2D eigenvalue weighted by molar-refractivity contribution is -0.133. The first-order valence-electron chi connectivity index (χ1n) is 6.70. The fourth-order valence-electron chi connectivity index (χ4n) is 2.38. The summed E-state index contributed by atoms with van der Waals surface area (Å²) in [4.78, 5) is 12.2. The monoisotopic (exact) mass is 242 g/mol. The van der Waals surface area contributed by atoms with Crippen molar-refractivity contribution in [3.63, 3.8) is 0 Å². The third kappa shape index (κ3) is 3.68. The fourth-order valence-corrected chi connectivity index (χ4v) is 2.38. The van der Waals surface area contributed by atoms with Crippen molar-refractivity contribution in [2.75, 3.05) is 13.1 Å². The Bertz CT molecular complexity index is 248. The number of hydrogen-bond acceptors (Lipinski definition) is 3. The number of nitrogens with one attached hydrogen (secondary N) is 1. The van der Waals surface area contributed by atoms with Crippen LogP contribution in [0.3, 0.4) is 0 Å². The van der Waals surface area contributed by atoms with Gasteiger partial charge >= 0.3 is 0 Å². The summed E-state index contributed by atoms with van der Waals surface area (Å²) in [5, 5.41) is 12.3. The molecule has 0 bridgehead atoms. The van der Waals surface area contributed by atoms with Gasteiger partial charge in [-0.3, -0.25) is 4.79 Å². The van der Waals surface area contributed by atoms with Gasteiger partial charge in [-0.25, -0.2) is 0 Å². The standard InChI is InChI=1S/C13H26N2O2/c1-3-11(16)8-15-12(17)13(9-14)6-4-10(2)5-7-13/h10-11,16H,3-9,14H2,1-2H3,(H,15,17). The van der Waals surface area contributed by atoms with Gasteiger partial charge in [0.2, 0.25) is 5.91 Å². The van der Waals surface area contributed by atoms with Gasteiger partial charge in [0.05, 0.1) is 11.5 Å². The zero-order chi connectivity index (χ0) is 12.9. The van der Waals surface area contributed by atoms with Crippen LogP contribution in [-0.4, -0.2) is 30.2 Å². The molecule has 0 spiro atoms. The van der Waals surface area contributed by atoms with Crippen LogP contribution in [0.2, 0.25) is 0 Å². The molecular weight excluding hydrogens is 216 g/mol. The Labute approximate surface area is 104 Å². The van der Waals surface area contributed by atoms with E-state index in [0.717, 1.165) is 25.7 Å².